The van der Waals surface area contributed by atoms with Crippen molar-refractivity contribution >= 4 is 11.6 Å². The first-order chi connectivity index (χ1) is 10.1. The highest BCUT2D eigenvalue weighted by Gasteiger charge is 2.16. The molecule has 0 radical (unpaired) electrons. The van der Waals surface area contributed by atoms with Crippen molar-refractivity contribution in [2.24, 2.45) is 0 Å². The number of benzene rings is 1. The molecule has 1 atom stereocenters. The number of hydrogen-bond donors (Lipinski definition) is 2. The van der Waals surface area contributed by atoms with Crippen LogP contribution in [0.2, 0.25) is 0 Å². The van der Waals surface area contributed by atoms with Gasteiger partial charge in [-0.1, -0.05) is 32.0 Å². The Bertz CT molecular complexity index is 480. The van der Waals surface area contributed by atoms with Crippen molar-refractivity contribution in [3.05, 3.63) is 29.3 Å². The predicted octanol–water partition coefficient (Wildman–Crippen LogP) is 2.83. The van der Waals surface area contributed by atoms with Crippen molar-refractivity contribution < 1.29 is 9.53 Å². The summed E-state index contributed by atoms with van der Waals surface area (Å²) in [6, 6.07) is 6.25. The Morgan fingerprint density at radius 1 is 1.43 bits per heavy atom. The van der Waals surface area contributed by atoms with Crippen LogP contribution in [-0.4, -0.2) is 31.7 Å². The third-order valence-corrected chi connectivity index (χ3v) is 3.90. The van der Waals surface area contributed by atoms with Gasteiger partial charge in [0.1, 0.15) is 0 Å². The first kappa shape index (κ1) is 15.8. The molecule has 4 nitrogen and oxygen atoms in total. The van der Waals surface area contributed by atoms with E-state index in [2.05, 4.69) is 49.6 Å². The van der Waals surface area contributed by atoms with Gasteiger partial charge in [0.2, 0.25) is 5.91 Å². The Labute approximate surface area is 127 Å². The minimum absolute atomic E-state index is 0.0171. The largest absolute Gasteiger partial charge is 0.376 e. The van der Waals surface area contributed by atoms with Crippen molar-refractivity contribution in [1.82, 2.24) is 5.32 Å². The Kier molecular flexibility index (Phi) is 5.62. The fourth-order valence-corrected chi connectivity index (χ4v) is 2.68. The maximum absolute atomic E-state index is 11.9. The van der Waals surface area contributed by atoms with Gasteiger partial charge in [0.15, 0.2) is 0 Å². The van der Waals surface area contributed by atoms with Crippen LogP contribution in [0.1, 0.15) is 43.7 Å². The quantitative estimate of drug-likeness (QED) is 0.847. The van der Waals surface area contributed by atoms with Crippen LogP contribution in [0.5, 0.6) is 0 Å². The van der Waals surface area contributed by atoms with Gasteiger partial charge in [-0.2, -0.15) is 0 Å². The Morgan fingerprint density at radius 2 is 2.24 bits per heavy atom. The average Bonchev–Trinajstić information content (AvgIpc) is 2.96. The molecule has 1 aliphatic rings. The third kappa shape index (κ3) is 4.46. The first-order valence-electron chi connectivity index (χ1n) is 7.79. The minimum atomic E-state index is 0.0171. The molecule has 1 amide bonds. The highest BCUT2D eigenvalue weighted by Crippen LogP contribution is 2.27. The lowest BCUT2D eigenvalue weighted by molar-refractivity contribution is -0.119. The molecule has 0 aliphatic carbocycles. The molecule has 1 heterocycles. The number of ether oxygens (including phenoxy) is 1. The van der Waals surface area contributed by atoms with Gasteiger partial charge in [-0.3, -0.25) is 4.79 Å². The summed E-state index contributed by atoms with van der Waals surface area (Å²) in [7, 11) is 0. The maximum Gasteiger partial charge on any atom is 0.239 e. The van der Waals surface area contributed by atoms with Crippen LogP contribution in [-0.2, 0) is 9.53 Å². The molecule has 2 N–H and O–H groups in total. The number of nitrogens with one attached hydrogen (secondary N) is 2. The molecule has 1 unspecified atom stereocenters. The summed E-state index contributed by atoms with van der Waals surface area (Å²) in [6.07, 6.45) is 2.33. The Hall–Kier alpha value is -1.55. The van der Waals surface area contributed by atoms with Crippen molar-refractivity contribution in [1.29, 1.82) is 0 Å². The zero-order valence-electron chi connectivity index (χ0n) is 13.2. The lowest BCUT2D eigenvalue weighted by Gasteiger charge is -2.17. The van der Waals surface area contributed by atoms with Crippen molar-refractivity contribution in [3.63, 3.8) is 0 Å². The maximum atomic E-state index is 11.9. The SMILES string of the molecule is Cc1cccc(C(C)C)c1NCC(=O)NCC1CCCO1. The van der Waals surface area contributed by atoms with Gasteiger partial charge < -0.3 is 15.4 Å². The van der Waals surface area contributed by atoms with Gasteiger partial charge >= 0.3 is 0 Å². The van der Waals surface area contributed by atoms with Gasteiger partial charge in [-0.15, -0.1) is 0 Å². The molecule has 1 aromatic carbocycles. The molecule has 2 rings (SSSR count). The number of carbonyl (C=O) groups is 1. The normalized spacial score (nSPS) is 18.0. The summed E-state index contributed by atoms with van der Waals surface area (Å²) in [6.45, 7) is 8.13. The van der Waals surface area contributed by atoms with Crippen LogP contribution >= 0.6 is 0 Å². The molecule has 0 aromatic heterocycles. The van der Waals surface area contributed by atoms with Crippen LogP contribution in [0.3, 0.4) is 0 Å². The molecule has 1 saturated heterocycles. The molecule has 0 saturated carbocycles. The zero-order valence-corrected chi connectivity index (χ0v) is 13.2. The van der Waals surface area contributed by atoms with Crippen LogP contribution in [0, 0.1) is 6.92 Å². The topological polar surface area (TPSA) is 50.4 Å². The van der Waals surface area contributed by atoms with E-state index in [1.807, 2.05) is 0 Å². The van der Waals surface area contributed by atoms with Crippen LogP contribution in [0.25, 0.3) is 0 Å². The molecular weight excluding hydrogens is 264 g/mol. The van der Waals surface area contributed by atoms with E-state index in [1.165, 1.54) is 11.1 Å². The average molecular weight is 290 g/mol. The lowest BCUT2D eigenvalue weighted by Crippen LogP contribution is -2.35. The molecule has 4 heteroatoms. The molecule has 1 aromatic rings. The van der Waals surface area contributed by atoms with E-state index < -0.39 is 0 Å². The second kappa shape index (κ2) is 7.46. The van der Waals surface area contributed by atoms with Gasteiger partial charge in [-0.05, 0) is 36.8 Å². The van der Waals surface area contributed by atoms with Crippen molar-refractivity contribution in [2.45, 2.75) is 45.6 Å². The molecule has 116 valence electrons. The van der Waals surface area contributed by atoms with Gasteiger partial charge in [0.05, 0.1) is 12.6 Å². The van der Waals surface area contributed by atoms with E-state index in [9.17, 15) is 4.79 Å². The van der Waals surface area contributed by atoms with Crippen molar-refractivity contribution in [3.8, 4) is 0 Å². The minimum Gasteiger partial charge on any atom is -0.376 e. The second-order valence-electron chi connectivity index (χ2n) is 5.99. The highest BCUT2D eigenvalue weighted by molar-refractivity contribution is 5.81. The van der Waals surface area contributed by atoms with E-state index in [1.54, 1.807) is 0 Å². The molecule has 21 heavy (non-hydrogen) atoms. The Balaban J connectivity index is 1.85. The summed E-state index contributed by atoms with van der Waals surface area (Å²) in [5, 5.41) is 6.22. The zero-order chi connectivity index (χ0) is 15.2. The summed E-state index contributed by atoms with van der Waals surface area (Å²) < 4.78 is 5.50. The number of aryl methyl sites for hydroxylation is 1. The summed E-state index contributed by atoms with van der Waals surface area (Å²) >= 11 is 0. The third-order valence-electron chi connectivity index (χ3n) is 3.90. The second-order valence-corrected chi connectivity index (χ2v) is 5.99. The number of anilines is 1. The van der Waals surface area contributed by atoms with Gasteiger partial charge in [0.25, 0.3) is 0 Å². The van der Waals surface area contributed by atoms with Crippen LogP contribution < -0.4 is 10.6 Å². The van der Waals surface area contributed by atoms with E-state index >= 15 is 0 Å². The smallest absolute Gasteiger partial charge is 0.239 e. The number of para-hydroxylation sites is 1. The molecule has 0 bridgehead atoms. The van der Waals surface area contributed by atoms with E-state index in [0.29, 0.717) is 19.0 Å². The molecular formula is C17H26N2O2. The molecule has 0 spiro atoms. The molecule has 1 aliphatic heterocycles. The number of amides is 1. The van der Waals surface area contributed by atoms with Gasteiger partial charge in [-0.25, -0.2) is 0 Å². The summed E-state index contributed by atoms with van der Waals surface area (Å²) in [5.41, 5.74) is 3.51. The molecule has 1 fully saturated rings. The fraction of sp³-hybridized carbons (Fsp3) is 0.588. The summed E-state index contributed by atoms with van der Waals surface area (Å²) in [4.78, 5) is 11.9. The monoisotopic (exact) mass is 290 g/mol. The van der Waals surface area contributed by atoms with Crippen LogP contribution in [0.15, 0.2) is 18.2 Å². The predicted molar refractivity (Wildman–Crippen MR) is 85.7 cm³/mol. The number of rotatable bonds is 6. The number of hydrogen-bond acceptors (Lipinski definition) is 3. The standard InChI is InChI=1S/C17H26N2O2/c1-12(2)15-8-4-6-13(3)17(15)19-11-16(20)18-10-14-7-5-9-21-14/h4,6,8,12,14,19H,5,7,9-11H2,1-3H3,(H,18,20). The van der Waals surface area contributed by atoms with Gasteiger partial charge in [0, 0.05) is 18.8 Å². The lowest BCUT2D eigenvalue weighted by atomic mass is 9.98. The summed E-state index contributed by atoms with van der Waals surface area (Å²) in [5.74, 6) is 0.450. The highest BCUT2D eigenvalue weighted by atomic mass is 16.5. The van der Waals surface area contributed by atoms with E-state index in [4.69, 9.17) is 4.74 Å². The fourth-order valence-electron chi connectivity index (χ4n) is 2.68. The van der Waals surface area contributed by atoms with E-state index in [0.717, 1.165) is 25.1 Å². The van der Waals surface area contributed by atoms with Crippen LogP contribution in [0.4, 0.5) is 5.69 Å². The van der Waals surface area contributed by atoms with E-state index in [-0.39, 0.29) is 12.0 Å². The number of carbonyl (C=O) groups excluding carboxylic acids is 1. The Morgan fingerprint density at radius 3 is 2.90 bits per heavy atom. The van der Waals surface area contributed by atoms with Crippen molar-refractivity contribution in [2.75, 3.05) is 25.0 Å². The first-order valence-corrected chi connectivity index (χ1v) is 7.79.